The minimum Gasteiger partial charge on any atom is -0.435 e. The molecule has 1 aliphatic heterocycles. The van der Waals surface area contributed by atoms with Gasteiger partial charge in [-0.15, -0.1) is 0 Å². The first-order chi connectivity index (χ1) is 10.9. The Labute approximate surface area is 132 Å². The summed E-state index contributed by atoms with van der Waals surface area (Å²) in [6.07, 6.45) is -0.531. The van der Waals surface area contributed by atoms with Crippen LogP contribution >= 0.6 is 0 Å². The van der Waals surface area contributed by atoms with E-state index in [1.165, 1.54) is 18.2 Å². The summed E-state index contributed by atoms with van der Waals surface area (Å²) in [4.78, 5) is 14.2. The average Bonchev–Trinajstić information content (AvgIpc) is 2.89. The summed E-state index contributed by atoms with van der Waals surface area (Å²) in [6.45, 7) is -1.92. The number of aliphatic hydroxyl groups excluding tert-OH is 2. The maximum Gasteiger partial charge on any atom is 0.387 e. The molecule has 0 radical (unpaired) electrons. The highest BCUT2D eigenvalue weighted by Gasteiger charge is 2.42. The zero-order valence-electron chi connectivity index (χ0n) is 12.4. The second-order valence-electron chi connectivity index (χ2n) is 6.24. The van der Waals surface area contributed by atoms with Gasteiger partial charge in [0, 0.05) is 18.7 Å². The van der Waals surface area contributed by atoms with Crippen molar-refractivity contribution in [3.8, 4) is 5.75 Å². The third-order valence-electron chi connectivity index (χ3n) is 4.70. The lowest BCUT2D eigenvalue weighted by molar-refractivity contribution is -0.0499. The van der Waals surface area contributed by atoms with Gasteiger partial charge >= 0.3 is 6.61 Å². The highest BCUT2D eigenvalue weighted by atomic mass is 19.3. The minimum atomic E-state index is -2.93. The monoisotopic (exact) mass is 327 g/mol. The fraction of sp³-hybridized carbons (Fsp3) is 0.562. The molecule has 7 heteroatoms. The van der Waals surface area contributed by atoms with Gasteiger partial charge < -0.3 is 19.8 Å². The molecule has 0 aromatic heterocycles. The van der Waals surface area contributed by atoms with Crippen molar-refractivity contribution in [2.75, 3.05) is 13.1 Å². The van der Waals surface area contributed by atoms with Gasteiger partial charge in [0.25, 0.3) is 5.91 Å². The van der Waals surface area contributed by atoms with Gasteiger partial charge in [-0.1, -0.05) is 6.07 Å². The lowest BCUT2D eigenvalue weighted by Gasteiger charge is -2.31. The van der Waals surface area contributed by atoms with Crippen LogP contribution in [0.25, 0.3) is 0 Å². The number of benzene rings is 1. The molecule has 5 nitrogen and oxygen atoms in total. The number of hydrogen-bond acceptors (Lipinski definition) is 4. The van der Waals surface area contributed by atoms with Crippen LogP contribution in [0.4, 0.5) is 8.78 Å². The molecule has 1 aromatic carbocycles. The lowest BCUT2D eigenvalue weighted by atomic mass is 9.79. The predicted molar refractivity (Wildman–Crippen MR) is 77.2 cm³/mol. The summed E-state index contributed by atoms with van der Waals surface area (Å²) in [5.41, 5.74) is 0.294. The fourth-order valence-corrected chi connectivity index (χ4v) is 3.56. The number of amides is 1. The summed E-state index contributed by atoms with van der Waals surface area (Å²) in [7, 11) is 0. The Morgan fingerprint density at radius 3 is 2.35 bits per heavy atom. The van der Waals surface area contributed by atoms with Crippen LogP contribution < -0.4 is 4.74 Å². The molecule has 0 unspecified atom stereocenters. The molecule has 1 amide bonds. The molecular weight excluding hydrogens is 308 g/mol. The number of aliphatic hydroxyl groups is 2. The Morgan fingerprint density at radius 2 is 1.78 bits per heavy atom. The molecule has 126 valence electrons. The van der Waals surface area contributed by atoms with Crippen molar-refractivity contribution in [2.24, 2.45) is 11.8 Å². The molecule has 0 spiro atoms. The SMILES string of the molecule is O=C(c1cccc(OC(F)F)c1)N1C[C@H]2C[C@H](O)[C@H](O)C[C@H]2C1. The van der Waals surface area contributed by atoms with Crippen LogP contribution in [-0.4, -0.2) is 52.9 Å². The first-order valence-corrected chi connectivity index (χ1v) is 7.64. The normalized spacial score (nSPS) is 30.4. The van der Waals surface area contributed by atoms with Crippen molar-refractivity contribution in [3.63, 3.8) is 0 Å². The van der Waals surface area contributed by atoms with Crippen molar-refractivity contribution in [2.45, 2.75) is 31.7 Å². The Hall–Kier alpha value is -1.73. The van der Waals surface area contributed by atoms with E-state index in [1.54, 1.807) is 11.0 Å². The zero-order chi connectivity index (χ0) is 16.6. The lowest BCUT2D eigenvalue weighted by Crippen LogP contribution is -2.38. The maximum absolute atomic E-state index is 12.5. The topological polar surface area (TPSA) is 70.0 Å². The number of hydrogen-bond donors (Lipinski definition) is 2. The summed E-state index contributed by atoms with van der Waals surface area (Å²) in [5, 5.41) is 19.5. The van der Waals surface area contributed by atoms with Gasteiger partial charge in [-0.25, -0.2) is 0 Å². The van der Waals surface area contributed by atoms with Crippen molar-refractivity contribution in [1.82, 2.24) is 4.90 Å². The Kier molecular flexibility index (Phi) is 4.50. The van der Waals surface area contributed by atoms with Crippen molar-refractivity contribution >= 4 is 5.91 Å². The molecule has 0 bridgehead atoms. The molecule has 1 aliphatic carbocycles. The fourth-order valence-electron chi connectivity index (χ4n) is 3.56. The molecule has 3 rings (SSSR count). The molecule has 1 heterocycles. The van der Waals surface area contributed by atoms with E-state index in [2.05, 4.69) is 4.74 Å². The smallest absolute Gasteiger partial charge is 0.387 e. The predicted octanol–water partition coefficient (Wildman–Crippen LogP) is 1.49. The molecule has 1 aromatic rings. The molecule has 2 aliphatic rings. The van der Waals surface area contributed by atoms with Crippen LogP contribution in [0.2, 0.25) is 0 Å². The van der Waals surface area contributed by atoms with Crippen LogP contribution in [0.1, 0.15) is 23.2 Å². The number of fused-ring (bicyclic) bond motifs is 1. The van der Waals surface area contributed by atoms with E-state index < -0.39 is 18.8 Å². The van der Waals surface area contributed by atoms with E-state index in [0.717, 1.165) is 0 Å². The first-order valence-electron chi connectivity index (χ1n) is 7.64. The largest absolute Gasteiger partial charge is 0.435 e. The number of halogens is 2. The average molecular weight is 327 g/mol. The van der Waals surface area contributed by atoms with Crippen LogP contribution in [-0.2, 0) is 0 Å². The van der Waals surface area contributed by atoms with Crippen molar-refractivity contribution in [3.05, 3.63) is 29.8 Å². The van der Waals surface area contributed by atoms with E-state index >= 15 is 0 Å². The summed E-state index contributed by atoms with van der Waals surface area (Å²) in [5.74, 6) is 0.0343. The van der Waals surface area contributed by atoms with E-state index in [1.807, 2.05) is 0 Å². The molecule has 1 saturated carbocycles. The number of carbonyl (C=O) groups is 1. The van der Waals surface area contributed by atoms with Gasteiger partial charge in [-0.2, -0.15) is 8.78 Å². The van der Waals surface area contributed by atoms with E-state index in [-0.39, 0.29) is 23.5 Å². The van der Waals surface area contributed by atoms with E-state index in [4.69, 9.17) is 0 Å². The maximum atomic E-state index is 12.5. The summed E-state index contributed by atoms with van der Waals surface area (Å²) >= 11 is 0. The zero-order valence-corrected chi connectivity index (χ0v) is 12.4. The first kappa shape index (κ1) is 16.1. The number of ether oxygens (including phenoxy) is 1. The standard InChI is InChI=1S/C16H19F2NO4/c17-16(18)23-12-3-1-2-9(4-12)15(22)19-7-10-5-13(20)14(21)6-11(10)8-19/h1-4,10-11,13-14,16,20-21H,5-8H2/t10-,11+,13+,14-. The third-order valence-corrected chi connectivity index (χ3v) is 4.70. The molecule has 2 fully saturated rings. The quantitative estimate of drug-likeness (QED) is 0.882. The van der Waals surface area contributed by atoms with Gasteiger partial charge in [0.1, 0.15) is 5.75 Å². The van der Waals surface area contributed by atoms with Crippen LogP contribution in [0, 0.1) is 11.8 Å². The van der Waals surface area contributed by atoms with Gasteiger partial charge in [-0.3, -0.25) is 4.79 Å². The number of nitrogens with zero attached hydrogens (tertiary/aromatic N) is 1. The molecule has 23 heavy (non-hydrogen) atoms. The molecule has 2 N–H and O–H groups in total. The van der Waals surface area contributed by atoms with Crippen molar-refractivity contribution < 1.29 is 28.5 Å². The number of likely N-dealkylation sites (tertiary alicyclic amines) is 1. The van der Waals surface area contributed by atoms with E-state index in [9.17, 15) is 23.8 Å². The molecular formula is C16H19F2NO4. The second kappa shape index (κ2) is 6.41. The minimum absolute atomic E-state index is 0.0479. The Bertz CT molecular complexity index is 565. The van der Waals surface area contributed by atoms with Gasteiger partial charge in [0.15, 0.2) is 0 Å². The highest BCUT2D eigenvalue weighted by Crippen LogP contribution is 2.37. The second-order valence-corrected chi connectivity index (χ2v) is 6.24. The van der Waals surface area contributed by atoms with Crippen LogP contribution in [0.15, 0.2) is 24.3 Å². The van der Waals surface area contributed by atoms with Gasteiger partial charge in [0.05, 0.1) is 12.2 Å². The van der Waals surface area contributed by atoms with Crippen molar-refractivity contribution in [1.29, 1.82) is 0 Å². The number of rotatable bonds is 3. The number of carbonyl (C=O) groups excluding carboxylic acids is 1. The molecule has 4 atom stereocenters. The summed E-state index contributed by atoms with van der Waals surface area (Å²) < 4.78 is 28.8. The van der Waals surface area contributed by atoms with Crippen LogP contribution in [0.5, 0.6) is 5.75 Å². The molecule has 1 saturated heterocycles. The Morgan fingerprint density at radius 1 is 1.17 bits per heavy atom. The Balaban J connectivity index is 1.70. The summed E-state index contributed by atoms with van der Waals surface area (Å²) in [6, 6.07) is 5.74. The van der Waals surface area contributed by atoms with E-state index in [0.29, 0.717) is 31.5 Å². The van der Waals surface area contributed by atoms with Gasteiger partial charge in [0.2, 0.25) is 0 Å². The highest BCUT2D eigenvalue weighted by molar-refractivity contribution is 5.94. The number of alkyl halides is 2. The van der Waals surface area contributed by atoms with Crippen LogP contribution in [0.3, 0.4) is 0 Å². The van der Waals surface area contributed by atoms with Gasteiger partial charge in [-0.05, 0) is 42.9 Å². The third kappa shape index (κ3) is 3.45.